The zero-order valence-corrected chi connectivity index (χ0v) is 6.16. The van der Waals surface area contributed by atoms with Gasteiger partial charge in [0.2, 0.25) is 5.79 Å². The van der Waals surface area contributed by atoms with Crippen molar-refractivity contribution in [3.63, 3.8) is 0 Å². The van der Waals surface area contributed by atoms with Gasteiger partial charge in [0.15, 0.2) is 0 Å². The summed E-state index contributed by atoms with van der Waals surface area (Å²) in [6.45, 7) is -2.72. The van der Waals surface area contributed by atoms with Crippen molar-refractivity contribution in [3.05, 3.63) is 0 Å². The van der Waals surface area contributed by atoms with Crippen molar-refractivity contribution in [1.82, 2.24) is 0 Å². The van der Waals surface area contributed by atoms with Crippen molar-refractivity contribution in [2.24, 2.45) is 0 Å². The van der Waals surface area contributed by atoms with E-state index >= 15 is 0 Å². The van der Waals surface area contributed by atoms with Gasteiger partial charge in [-0.15, -0.1) is 0 Å². The van der Waals surface area contributed by atoms with Crippen LogP contribution in [-0.2, 0) is 4.74 Å². The van der Waals surface area contributed by atoms with Gasteiger partial charge in [-0.3, -0.25) is 0 Å². The molecule has 1 saturated heterocycles. The lowest BCUT2D eigenvalue weighted by Gasteiger charge is -2.22. The minimum absolute atomic E-state index is 0.618. The Labute approximate surface area is 70.0 Å². The van der Waals surface area contributed by atoms with Gasteiger partial charge >= 0.3 is 0 Å². The Morgan fingerprint density at radius 2 is 2.00 bits per heavy atom. The van der Waals surface area contributed by atoms with Crippen LogP contribution >= 0.6 is 0 Å². The maximum Gasteiger partial charge on any atom is 0.219 e. The molecule has 1 fully saturated rings. The van der Waals surface area contributed by atoms with Crippen LogP contribution in [0.2, 0.25) is 0 Å². The average molecular weight is 181 g/mol. The van der Waals surface area contributed by atoms with E-state index in [0.29, 0.717) is 0 Å². The van der Waals surface area contributed by atoms with Gasteiger partial charge < -0.3 is 30.3 Å². The van der Waals surface area contributed by atoms with Crippen LogP contribution in [0, 0.1) is 0 Å². The summed E-state index contributed by atoms with van der Waals surface area (Å²) >= 11 is 0. The second kappa shape index (κ2) is 3.25. The number of rotatable bonds is 2. The maximum atomic E-state index is 9.33. The molecule has 0 amide bonds. The Kier molecular flexibility index (Phi) is 2.26. The highest BCUT2D eigenvalue weighted by molar-refractivity contribution is 4.94. The molecule has 0 bridgehead atoms. The minimum Gasteiger partial charge on any atom is -0.394 e. The first-order valence-electron chi connectivity index (χ1n) is 3.98. The van der Waals surface area contributed by atoms with Gasteiger partial charge in [0.05, 0.1) is 14.6 Å². The number of ether oxygens (including phenoxy) is 1. The van der Waals surface area contributed by atoms with E-state index in [1.807, 2.05) is 0 Å². The number of hydrogen-bond acceptors (Lipinski definition) is 6. The van der Waals surface area contributed by atoms with Gasteiger partial charge in [0.25, 0.3) is 0 Å². The van der Waals surface area contributed by atoms with Crippen molar-refractivity contribution in [2.45, 2.75) is 24.1 Å². The molecule has 0 aliphatic carbocycles. The second-order valence-electron chi connectivity index (χ2n) is 2.66. The summed E-state index contributed by atoms with van der Waals surface area (Å²) in [5, 5.41) is 45.0. The Hall–Kier alpha value is -0.240. The summed E-state index contributed by atoms with van der Waals surface area (Å²) < 4.78 is 11.3. The van der Waals surface area contributed by atoms with Gasteiger partial charge in [0, 0.05) is 0 Å². The third-order valence-electron chi connectivity index (χ3n) is 1.83. The fourth-order valence-electron chi connectivity index (χ4n) is 1.08. The van der Waals surface area contributed by atoms with E-state index in [0.717, 1.165) is 0 Å². The highest BCUT2D eigenvalue weighted by Crippen LogP contribution is 2.28. The van der Waals surface area contributed by atoms with Crippen molar-refractivity contribution in [1.29, 1.82) is 0 Å². The zero-order chi connectivity index (χ0) is 10.2. The highest BCUT2D eigenvalue weighted by Gasteiger charge is 2.52. The molecular weight excluding hydrogens is 168 g/mol. The molecule has 6 heteroatoms. The Bertz CT molecular complexity index is 188. The van der Waals surface area contributed by atoms with Gasteiger partial charge in [0.1, 0.15) is 18.3 Å². The van der Waals surface area contributed by atoms with Crippen molar-refractivity contribution in [3.8, 4) is 0 Å². The van der Waals surface area contributed by atoms with Gasteiger partial charge in [-0.1, -0.05) is 0 Å². The van der Waals surface area contributed by atoms with Crippen molar-refractivity contribution >= 4 is 0 Å². The van der Waals surface area contributed by atoms with E-state index in [1.54, 1.807) is 0 Å². The first-order chi connectivity index (χ1) is 5.93. The minimum atomic E-state index is -2.53. The first-order valence-corrected chi connectivity index (χ1v) is 3.41. The lowest BCUT2D eigenvalue weighted by Crippen LogP contribution is -2.46. The molecule has 0 aromatic rings. The van der Waals surface area contributed by atoms with E-state index in [2.05, 4.69) is 4.74 Å². The van der Waals surface area contributed by atoms with Crippen LogP contribution in [0.1, 0.15) is 1.37 Å². The maximum absolute atomic E-state index is 9.33. The third-order valence-corrected chi connectivity index (χ3v) is 1.83. The largest absolute Gasteiger partial charge is 0.394 e. The molecule has 6 nitrogen and oxygen atoms in total. The predicted molar refractivity (Wildman–Crippen MR) is 36.0 cm³/mol. The molecule has 1 rings (SSSR count). The first kappa shape index (κ1) is 8.36. The molecule has 0 saturated carbocycles. The van der Waals surface area contributed by atoms with Crippen LogP contribution in [0.25, 0.3) is 0 Å². The quantitative estimate of drug-likeness (QED) is 0.306. The predicted octanol–water partition coefficient (Wildman–Crippen LogP) is -3.22. The van der Waals surface area contributed by atoms with E-state index < -0.39 is 37.3 Å². The van der Waals surface area contributed by atoms with Gasteiger partial charge in [-0.25, -0.2) is 0 Å². The topological polar surface area (TPSA) is 110 Å². The third kappa shape index (κ3) is 1.33. The summed E-state index contributed by atoms with van der Waals surface area (Å²) in [4.78, 5) is 0. The fraction of sp³-hybridized carbons (Fsp3) is 1.00. The van der Waals surface area contributed by atoms with E-state index in [4.69, 9.17) is 16.7 Å². The summed E-state index contributed by atoms with van der Waals surface area (Å²) in [6, 6.07) is 0. The Morgan fingerprint density at radius 1 is 1.42 bits per heavy atom. The molecule has 1 heterocycles. The number of aliphatic hydroxyl groups excluding tert-OH is 4. The molecule has 5 atom stereocenters. The standard InChI is InChI=1S/C6H12O6/c7-1-3-4(9)5(10)6(11,2-8)12-3/h3-5,7-11H,1-2H2/t3-,4-,5+,6-/m1/s1/i2D/t2?,3-,4-,5+,6-. The van der Waals surface area contributed by atoms with E-state index in [1.165, 1.54) is 0 Å². The van der Waals surface area contributed by atoms with Crippen LogP contribution in [0.3, 0.4) is 0 Å². The van der Waals surface area contributed by atoms with Gasteiger partial charge in [-0.05, 0) is 0 Å². The van der Waals surface area contributed by atoms with Crippen molar-refractivity contribution < 1.29 is 31.6 Å². The van der Waals surface area contributed by atoms with E-state index in [-0.39, 0.29) is 0 Å². The monoisotopic (exact) mass is 181 g/mol. The second-order valence-corrected chi connectivity index (χ2v) is 2.66. The summed E-state index contributed by atoms with van der Waals surface area (Å²) in [6.07, 6.45) is -4.52. The zero-order valence-electron chi connectivity index (χ0n) is 7.16. The van der Waals surface area contributed by atoms with Crippen LogP contribution < -0.4 is 0 Å². The van der Waals surface area contributed by atoms with Crippen LogP contribution in [0.15, 0.2) is 0 Å². The molecule has 0 spiro atoms. The van der Waals surface area contributed by atoms with E-state index in [9.17, 15) is 10.2 Å². The highest BCUT2D eigenvalue weighted by atomic mass is 16.7. The summed E-state index contributed by atoms with van der Waals surface area (Å²) in [5.41, 5.74) is 0. The summed E-state index contributed by atoms with van der Waals surface area (Å²) in [5.74, 6) is -2.53. The normalized spacial score (nSPS) is 52.1. The number of aliphatic hydroxyl groups is 5. The molecule has 1 aliphatic rings. The molecule has 72 valence electrons. The molecule has 5 N–H and O–H groups in total. The summed E-state index contributed by atoms with van der Waals surface area (Å²) in [7, 11) is 0. The molecule has 12 heavy (non-hydrogen) atoms. The Morgan fingerprint density at radius 3 is 2.25 bits per heavy atom. The SMILES string of the molecule is [2H]C(O)[C@@]1(O)O[C@H](CO)[C@@H](O)[C@@H]1O. The Balaban J connectivity index is 2.81. The average Bonchev–Trinajstić information content (AvgIpc) is 2.31. The number of hydrogen-bond donors (Lipinski definition) is 5. The molecule has 0 aromatic carbocycles. The molecular formula is C6H12O6. The van der Waals surface area contributed by atoms with Crippen LogP contribution in [-0.4, -0.2) is 62.8 Å². The molecule has 0 radical (unpaired) electrons. The van der Waals surface area contributed by atoms with Gasteiger partial charge in [-0.2, -0.15) is 0 Å². The molecule has 0 aromatic heterocycles. The molecule has 1 unspecified atom stereocenters. The smallest absolute Gasteiger partial charge is 0.219 e. The fourth-order valence-corrected chi connectivity index (χ4v) is 1.08. The van der Waals surface area contributed by atoms with Crippen molar-refractivity contribution in [2.75, 3.05) is 13.2 Å². The lowest BCUT2D eigenvalue weighted by atomic mass is 10.1. The lowest BCUT2D eigenvalue weighted by molar-refractivity contribution is -0.248. The van der Waals surface area contributed by atoms with Crippen LogP contribution in [0.5, 0.6) is 0 Å². The molecule has 1 aliphatic heterocycles. The van der Waals surface area contributed by atoms with Crippen LogP contribution in [0.4, 0.5) is 0 Å².